The van der Waals surface area contributed by atoms with E-state index in [1.165, 1.54) is 6.42 Å². The van der Waals surface area contributed by atoms with Crippen molar-refractivity contribution in [2.75, 3.05) is 18.1 Å². The summed E-state index contributed by atoms with van der Waals surface area (Å²) in [6, 6.07) is 7.89. The van der Waals surface area contributed by atoms with Gasteiger partial charge < -0.3 is 10.2 Å². The van der Waals surface area contributed by atoms with Crippen LogP contribution in [0.3, 0.4) is 0 Å². The maximum absolute atomic E-state index is 12.7. The maximum atomic E-state index is 12.7. The first kappa shape index (κ1) is 17.0. The molecule has 1 aliphatic heterocycles. The molecule has 0 radical (unpaired) electrons. The lowest BCUT2D eigenvalue weighted by atomic mass is 9.93. The van der Waals surface area contributed by atoms with Gasteiger partial charge in [-0.1, -0.05) is 32.0 Å². The molecule has 0 aromatic heterocycles. The van der Waals surface area contributed by atoms with Crippen LogP contribution in [0.25, 0.3) is 0 Å². The van der Waals surface area contributed by atoms with Crippen LogP contribution in [-0.4, -0.2) is 34.0 Å². The number of benzene rings is 1. The Balaban J connectivity index is 2.12. The fraction of sp³-hybridized carbons (Fsp3) is 0.588. The molecule has 5 heteroatoms. The summed E-state index contributed by atoms with van der Waals surface area (Å²) in [7, 11) is -0.926. The van der Waals surface area contributed by atoms with Crippen LogP contribution < -0.4 is 5.32 Å². The zero-order valence-corrected chi connectivity index (χ0v) is 14.5. The standard InChI is InChI=1S/C17H26N2O2S/c1-13(2)16-10-6-7-11-19(16)17(20)18-15-9-5-4-8-14(15)12-22(3)21/h4-5,8-9,13,16H,6-7,10-12H2,1-3H3,(H,18,20). The molecule has 4 nitrogen and oxygen atoms in total. The van der Waals surface area contributed by atoms with E-state index in [0.29, 0.717) is 17.7 Å². The smallest absolute Gasteiger partial charge is 0.321 e. The Morgan fingerprint density at radius 1 is 1.36 bits per heavy atom. The second-order valence-electron chi connectivity index (χ2n) is 6.31. The molecule has 1 aromatic rings. The minimum atomic E-state index is -0.926. The van der Waals surface area contributed by atoms with Crippen LogP contribution in [0.2, 0.25) is 0 Å². The first-order valence-corrected chi connectivity index (χ1v) is 9.67. The summed E-state index contributed by atoms with van der Waals surface area (Å²) >= 11 is 0. The molecular weight excluding hydrogens is 296 g/mol. The molecule has 1 fully saturated rings. The fourth-order valence-electron chi connectivity index (χ4n) is 3.08. The summed E-state index contributed by atoms with van der Waals surface area (Å²) in [5, 5.41) is 3.02. The van der Waals surface area contributed by atoms with E-state index in [0.717, 1.165) is 30.6 Å². The minimum absolute atomic E-state index is 0.0345. The molecule has 2 atom stereocenters. The van der Waals surface area contributed by atoms with Crippen molar-refractivity contribution >= 4 is 22.5 Å². The van der Waals surface area contributed by atoms with E-state index in [1.807, 2.05) is 29.2 Å². The van der Waals surface area contributed by atoms with Gasteiger partial charge in [-0.3, -0.25) is 4.21 Å². The Morgan fingerprint density at radius 2 is 2.09 bits per heavy atom. The first-order chi connectivity index (χ1) is 10.5. The van der Waals surface area contributed by atoms with E-state index in [1.54, 1.807) is 6.26 Å². The minimum Gasteiger partial charge on any atom is -0.321 e. The zero-order chi connectivity index (χ0) is 16.1. The third-order valence-electron chi connectivity index (χ3n) is 4.20. The molecule has 1 heterocycles. The van der Waals surface area contributed by atoms with E-state index in [4.69, 9.17) is 0 Å². The number of carbonyl (C=O) groups excluding carboxylic acids is 1. The lowest BCUT2D eigenvalue weighted by Gasteiger charge is -2.38. The summed E-state index contributed by atoms with van der Waals surface area (Å²) < 4.78 is 11.5. The number of rotatable bonds is 4. The molecule has 1 aromatic carbocycles. The molecule has 0 aliphatic carbocycles. The number of amides is 2. The van der Waals surface area contributed by atoms with Gasteiger partial charge >= 0.3 is 6.03 Å². The summed E-state index contributed by atoms with van der Waals surface area (Å²) in [5.74, 6) is 0.925. The van der Waals surface area contributed by atoms with Crippen molar-refractivity contribution in [3.8, 4) is 0 Å². The SMILES string of the molecule is CC(C)C1CCCCN1C(=O)Nc1ccccc1CS(C)=O. The van der Waals surface area contributed by atoms with Gasteiger partial charge in [-0.25, -0.2) is 4.79 Å². The number of nitrogens with one attached hydrogen (secondary N) is 1. The predicted molar refractivity (Wildman–Crippen MR) is 92.4 cm³/mol. The average Bonchev–Trinajstić information content (AvgIpc) is 2.48. The van der Waals surface area contributed by atoms with Gasteiger partial charge in [-0.05, 0) is 36.8 Å². The zero-order valence-electron chi connectivity index (χ0n) is 13.7. The van der Waals surface area contributed by atoms with E-state index < -0.39 is 10.8 Å². The normalized spacial score (nSPS) is 20.0. The van der Waals surface area contributed by atoms with E-state index in [2.05, 4.69) is 19.2 Å². The van der Waals surface area contributed by atoms with Gasteiger partial charge in [0.25, 0.3) is 0 Å². The van der Waals surface area contributed by atoms with Gasteiger partial charge in [0.1, 0.15) is 0 Å². The van der Waals surface area contributed by atoms with Crippen molar-refractivity contribution in [1.82, 2.24) is 4.90 Å². The number of piperidine rings is 1. The van der Waals surface area contributed by atoms with E-state index in [-0.39, 0.29) is 6.03 Å². The van der Waals surface area contributed by atoms with Crippen LogP contribution in [0.4, 0.5) is 10.5 Å². The van der Waals surface area contributed by atoms with E-state index >= 15 is 0 Å². The first-order valence-electron chi connectivity index (χ1n) is 7.94. The molecule has 2 amide bonds. The molecule has 22 heavy (non-hydrogen) atoms. The molecule has 1 N–H and O–H groups in total. The molecule has 0 saturated carbocycles. The molecule has 2 rings (SSSR count). The topological polar surface area (TPSA) is 49.4 Å². The van der Waals surface area contributed by atoms with Crippen molar-refractivity contribution in [1.29, 1.82) is 0 Å². The van der Waals surface area contributed by atoms with Gasteiger partial charge in [0.2, 0.25) is 0 Å². The number of nitrogens with zero attached hydrogens (tertiary/aromatic N) is 1. The molecule has 1 saturated heterocycles. The van der Waals surface area contributed by atoms with Gasteiger partial charge in [-0.2, -0.15) is 0 Å². The van der Waals surface area contributed by atoms with Crippen molar-refractivity contribution in [2.24, 2.45) is 5.92 Å². The average molecular weight is 322 g/mol. The van der Waals surface area contributed by atoms with Crippen molar-refractivity contribution < 1.29 is 9.00 Å². The Labute approximate surface area is 135 Å². The van der Waals surface area contributed by atoms with Gasteiger partial charge in [-0.15, -0.1) is 0 Å². The molecule has 1 aliphatic rings. The Morgan fingerprint density at radius 3 is 2.77 bits per heavy atom. The van der Waals surface area contributed by atoms with Crippen LogP contribution >= 0.6 is 0 Å². The van der Waals surface area contributed by atoms with E-state index in [9.17, 15) is 9.00 Å². The monoisotopic (exact) mass is 322 g/mol. The Hall–Kier alpha value is -1.36. The van der Waals surface area contributed by atoms with Crippen molar-refractivity contribution in [3.63, 3.8) is 0 Å². The van der Waals surface area contributed by atoms with Crippen molar-refractivity contribution in [3.05, 3.63) is 29.8 Å². The highest BCUT2D eigenvalue weighted by atomic mass is 32.2. The lowest BCUT2D eigenvalue weighted by Crippen LogP contribution is -2.48. The summed E-state index contributed by atoms with van der Waals surface area (Å²) in [6.45, 7) is 5.16. The highest BCUT2D eigenvalue weighted by molar-refractivity contribution is 7.83. The van der Waals surface area contributed by atoms with Crippen LogP contribution in [0, 0.1) is 5.92 Å². The largest absolute Gasteiger partial charge is 0.322 e. The molecule has 122 valence electrons. The molecular formula is C17H26N2O2S. The molecule has 0 bridgehead atoms. The second-order valence-corrected chi connectivity index (χ2v) is 7.74. The predicted octanol–water partition coefficient (Wildman–Crippen LogP) is 3.61. The maximum Gasteiger partial charge on any atom is 0.322 e. The fourth-order valence-corrected chi connectivity index (χ4v) is 3.77. The Bertz CT molecular complexity index is 545. The summed E-state index contributed by atoms with van der Waals surface area (Å²) in [5.41, 5.74) is 1.70. The lowest BCUT2D eigenvalue weighted by molar-refractivity contribution is 0.138. The second kappa shape index (κ2) is 7.77. The van der Waals surface area contributed by atoms with Crippen LogP contribution in [0.1, 0.15) is 38.7 Å². The number of urea groups is 1. The highest BCUT2D eigenvalue weighted by Crippen LogP contribution is 2.25. The number of para-hydroxylation sites is 1. The Kier molecular flexibility index (Phi) is 6.00. The highest BCUT2D eigenvalue weighted by Gasteiger charge is 2.29. The van der Waals surface area contributed by atoms with Crippen molar-refractivity contribution in [2.45, 2.75) is 44.9 Å². The van der Waals surface area contributed by atoms with Gasteiger partial charge in [0.15, 0.2) is 0 Å². The third kappa shape index (κ3) is 4.32. The number of likely N-dealkylation sites (tertiary alicyclic amines) is 1. The molecule has 0 spiro atoms. The summed E-state index contributed by atoms with van der Waals surface area (Å²) in [4.78, 5) is 14.6. The van der Waals surface area contributed by atoms with Crippen LogP contribution in [-0.2, 0) is 16.6 Å². The number of anilines is 1. The number of hydrogen-bond donors (Lipinski definition) is 1. The third-order valence-corrected chi connectivity index (χ3v) is 4.91. The van der Waals surface area contributed by atoms with Crippen LogP contribution in [0.5, 0.6) is 0 Å². The number of hydrogen-bond acceptors (Lipinski definition) is 2. The van der Waals surface area contributed by atoms with Crippen LogP contribution in [0.15, 0.2) is 24.3 Å². The molecule has 2 unspecified atom stereocenters. The van der Waals surface area contributed by atoms with Gasteiger partial charge in [0, 0.05) is 35.3 Å². The van der Waals surface area contributed by atoms with Gasteiger partial charge in [0.05, 0.1) is 5.75 Å². The summed E-state index contributed by atoms with van der Waals surface area (Å²) in [6.07, 6.45) is 5.01. The number of carbonyl (C=O) groups is 1. The quantitative estimate of drug-likeness (QED) is 0.920.